The molecule has 1 aliphatic carbocycles. The van der Waals surface area contributed by atoms with Crippen molar-refractivity contribution in [3.05, 3.63) is 71.8 Å². The molecule has 1 atom stereocenters. The molecule has 0 aromatic heterocycles. The standard InChI is InChI=1S/C21H23IN2O/c22-24-15-16-11-13-21(24,14-12-16)19(17-7-3-1-4-8-17)23-20(25)18-9-5-2-6-10-18/h1-10,16,19H,11-15H2,(H,23,25). The van der Waals surface area contributed by atoms with Crippen molar-refractivity contribution in [3.63, 3.8) is 0 Å². The Hall–Kier alpha value is -1.40. The fourth-order valence-corrected chi connectivity index (χ4v) is 5.74. The second-order valence-corrected chi connectivity index (χ2v) is 8.44. The molecule has 2 bridgehead atoms. The molecule has 1 N–H and O–H groups in total. The second kappa shape index (κ2) is 7.08. The lowest BCUT2D eigenvalue weighted by atomic mass is 9.67. The summed E-state index contributed by atoms with van der Waals surface area (Å²) in [6.45, 7) is 1.13. The van der Waals surface area contributed by atoms with Crippen molar-refractivity contribution in [3.8, 4) is 0 Å². The zero-order valence-electron chi connectivity index (χ0n) is 14.2. The van der Waals surface area contributed by atoms with E-state index in [1.54, 1.807) is 0 Å². The first kappa shape index (κ1) is 17.0. The summed E-state index contributed by atoms with van der Waals surface area (Å²) in [5.74, 6) is 0.835. The zero-order chi connectivity index (χ0) is 17.3. The number of benzene rings is 2. The van der Waals surface area contributed by atoms with Crippen molar-refractivity contribution < 1.29 is 4.79 Å². The Labute approximate surface area is 163 Å². The molecule has 130 valence electrons. The average Bonchev–Trinajstić information content (AvgIpc) is 2.68. The fraction of sp³-hybridized carbons (Fsp3) is 0.381. The van der Waals surface area contributed by atoms with Gasteiger partial charge in [-0.3, -0.25) is 4.79 Å². The van der Waals surface area contributed by atoms with E-state index in [4.69, 9.17) is 0 Å². The second-order valence-electron chi connectivity index (χ2n) is 7.27. The molecule has 3 nitrogen and oxygen atoms in total. The number of carbonyl (C=O) groups is 1. The van der Waals surface area contributed by atoms with E-state index in [1.807, 2.05) is 36.4 Å². The Morgan fingerprint density at radius 2 is 1.64 bits per heavy atom. The molecule has 5 rings (SSSR count). The summed E-state index contributed by atoms with van der Waals surface area (Å²) < 4.78 is 2.48. The van der Waals surface area contributed by atoms with E-state index in [2.05, 4.69) is 55.6 Å². The summed E-state index contributed by atoms with van der Waals surface area (Å²) in [7, 11) is 0. The Morgan fingerprint density at radius 3 is 2.24 bits per heavy atom. The summed E-state index contributed by atoms with van der Waals surface area (Å²) in [6, 6.07) is 20.0. The van der Waals surface area contributed by atoms with Gasteiger partial charge < -0.3 is 5.32 Å². The van der Waals surface area contributed by atoms with Gasteiger partial charge in [-0.15, -0.1) is 0 Å². The van der Waals surface area contributed by atoms with Gasteiger partial charge >= 0.3 is 0 Å². The van der Waals surface area contributed by atoms with Gasteiger partial charge in [0.15, 0.2) is 0 Å². The first-order valence-electron chi connectivity index (χ1n) is 9.03. The van der Waals surface area contributed by atoms with Crippen LogP contribution < -0.4 is 5.32 Å². The van der Waals surface area contributed by atoms with Crippen molar-refractivity contribution >= 4 is 28.8 Å². The van der Waals surface area contributed by atoms with Crippen LogP contribution in [0.3, 0.4) is 0 Å². The van der Waals surface area contributed by atoms with E-state index < -0.39 is 0 Å². The van der Waals surface area contributed by atoms with E-state index in [0.29, 0.717) is 0 Å². The maximum atomic E-state index is 12.9. The molecule has 2 aromatic rings. The maximum absolute atomic E-state index is 12.9. The number of fused-ring (bicyclic) bond motifs is 3. The maximum Gasteiger partial charge on any atom is 0.251 e. The van der Waals surface area contributed by atoms with Gasteiger partial charge in [-0.1, -0.05) is 48.5 Å². The lowest BCUT2D eigenvalue weighted by molar-refractivity contribution is 0.0188. The molecule has 2 heterocycles. The van der Waals surface area contributed by atoms with Gasteiger partial charge in [0.25, 0.3) is 5.91 Å². The number of hydrogen-bond acceptors (Lipinski definition) is 2. The number of rotatable bonds is 4. The summed E-state index contributed by atoms with van der Waals surface area (Å²) in [4.78, 5) is 12.9. The minimum Gasteiger partial charge on any atom is -0.343 e. The lowest BCUT2D eigenvalue weighted by Crippen LogP contribution is -2.60. The van der Waals surface area contributed by atoms with Gasteiger partial charge in [0, 0.05) is 35.0 Å². The minimum absolute atomic E-state index is 0.0135. The predicted octanol–water partition coefficient (Wildman–Crippen LogP) is 4.75. The largest absolute Gasteiger partial charge is 0.343 e. The molecule has 2 saturated heterocycles. The summed E-state index contributed by atoms with van der Waals surface area (Å²) >= 11 is 2.49. The number of carbonyl (C=O) groups excluding carboxylic acids is 1. The first-order valence-corrected chi connectivity index (χ1v) is 10.00. The topological polar surface area (TPSA) is 32.3 Å². The third-order valence-corrected chi connectivity index (χ3v) is 7.21. The number of nitrogens with zero attached hydrogens (tertiary/aromatic N) is 1. The van der Waals surface area contributed by atoms with Crippen LogP contribution in [0.5, 0.6) is 0 Å². The quantitative estimate of drug-likeness (QED) is 0.543. The molecule has 1 unspecified atom stereocenters. The summed E-state index contributed by atoms with van der Waals surface area (Å²) in [5, 5.41) is 3.38. The van der Waals surface area contributed by atoms with Crippen LogP contribution >= 0.6 is 22.9 Å². The van der Waals surface area contributed by atoms with Crippen molar-refractivity contribution in [1.29, 1.82) is 0 Å². The smallest absolute Gasteiger partial charge is 0.251 e. The molecule has 0 radical (unpaired) electrons. The minimum atomic E-state index is 0.0135. The van der Waals surface area contributed by atoms with Crippen LogP contribution in [-0.4, -0.2) is 21.1 Å². The van der Waals surface area contributed by atoms with Gasteiger partial charge in [0.05, 0.1) is 11.6 Å². The number of hydrogen-bond donors (Lipinski definition) is 1. The number of piperidine rings is 2. The van der Waals surface area contributed by atoms with Crippen LogP contribution in [0.2, 0.25) is 0 Å². The van der Waals surface area contributed by atoms with Crippen LogP contribution in [0.25, 0.3) is 0 Å². The Morgan fingerprint density at radius 1 is 1.04 bits per heavy atom. The van der Waals surface area contributed by atoms with Crippen molar-refractivity contribution in [2.75, 3.05) is 6.54 Å². The number of halogens is 1. The Bertz CT molecular complexity index is 726. The van der Waals surface area contributed by atoms with Gasteiger partial charge in [-0.2, -0.15) is 0 Å². The van der Waals surface area contributed by atoms with E-state index >= 15 is 0 Å². The number of amides is 1. The molecule has 3 aliphatic rings. The molecule has 1 amide bonds. The molecule has 25 heavy (non-hydrogen) atoms. The van der Waals surface area contributed by atoms with E-state index in [1.165, 1.54) is 18.4 Å². The summed E-state index contributed by atoms with van der Waals surface area (Å²) in [5.41, 5.74) is 1.94. The highest BCUT2D eigenvalue weighted by molar-refractivity contribution is 14.1. The molecule has 4 heteroatoms. The molecular formula is C21H23IN2O. The number of nitrogens with one attached hydrogen (secondary N) is 1. The highest BCUT2D eigenvalue weighted by Gasteiger charge is 2.51. The molecule has 2 aliphatic heterocycles. The molecular weight excluding hydrogens is 423 g/mol. The van der Waals surface area contributed by atoms with E-state index in [9.17, 15) is 4.79 Å². The van der Waals surface area contributed by atoms with Crippen LogP contribution in [-0.2, 0) is 0 Å². The average molecular weight is 446 g/mol. The third kappa shape index (κ3) is 3.22. The van der Waals surface area contributed by atoms with Gasteiger partial charge in [-0.25, -0.2) is 3.11 Å². The highest BCUT2D eigenvalue weighted by Crippen LogP contribution is 2.51. The Kier molecular flexibility index (Phi) is 4.82. The van der Waals surface area contributed by atoms with Crippen molar-refractivity contribution in [1.82, 2.24) is 8.43 Å². The predicted molar refractivity (Wildman–Crippen MR) is 109 cm³/mol. The highest BCUT2D eigenvalue weighted by atomic mass is 127. The third-order valence-electron chi connectivity index (χ3n) is 5.85. The van der Waals surface area contributed by atoms with Crippen LogP contribution in [0.15, 0.2) is 60.7 Å². The molecule has 0 spiro atoms. The van der Waals surface area contributed by atoms with Gasteiger partial charge in [-0.05, 0) is 49.3 Å². The van der Waals surface area contributed by atoms with Crippen LogP contribution in [0.4, 0.5) is 0 Å². The lowest BCUT2D eigenvalue weighted by Gasteiger charge is -2.55. The molecule has 1 saturated carbocycles. The fourth-order valence-electron chi connectivity index (χ4n) is 4.42. The van der Waals surface area contributed by atoms with Crippen LogP contribution in [0.1, 0.15) is 47.6 Å². The van der Waals surface area contributed by atoms with Gasteiger partial charge in [0.1, 0.15) is 0 Å². The van der Waals surface area contributed by atoms with E-state index in [-0.39, 0.29) is 17.5 Å². The first-order chi connectivity index (χ1) is 12.2. The normalized spacial score (nSPS) is 27.0. The van der Waals surface area contributed by atoms with E-state index in [0.717, 1.165) is 30.9 Å². The monoisotopic (exact) mass is 446 g/mol. The SMILES string of the molecule is O=C(NC(c1ccccc1)C12CCC(CC1)CN2I)c1ccccc1. The molecule has 2 aromatic carbocycles. The summed E-state index contributed by atoms with van der Waals surface area (Å²) in [6.07, 6.45) is 4.83. The Balaban J connectivity index is 1.69. The van der Waals surface area contributed by atoms with Crippen molar-refractivity contribution in [2.45, 2.75) is 37.3 Å². The zero-order valence-corrected chi connectivity index (χ0v) is 16.4. The van der Waals surface area contributed by atoms with Crippen LogP contribution in [0, 0.1) is 5.92 Å². The van der Waals surface area contributed by atoms with Crippen molar-refractivity contribution in [2.24, 2.45) is 5.92 Å². The van der Waals surface area contributed by atoms with Gasteiger partial charge in [0.2, 0.25) is 0 Å². The molecule has 3 fully saturated rings.